The first kappa shape index (κ1) is 16.2. The van der Waals surface area contributed by atoms with E-state index in [2.05, 4.69) is 40.9 Å². The molecule has 0 amide bonds. The van der Waals surface area contributed by atoms with Gasteiger partial charge in [0.05, 0.1) is 0 Å². The molecule has 1 aliphatic heterocycles. The van der Waals surface area contributed by atoms with Crippen molar-refractivity contribution in [3.05, 3.63) is 0 Å². The second kappa shape index (κ2) is 9.15. The Balaban J connectivity index is 2.18. The highest BCUT2D eigenvalue weighted by molar-refractivity contribution is 5.77. The maximum Gasteiger partial charge on any atom is 0.188 e. The number of rotatable bonds is 7. The molecule has 0 aromatic rings. The van der Waals surface area contributed by atoms with Gasteiger partial charge in [0.15, 0.2) is 5.96 Å². The SMILES string of the molecule is CCCNC(N)=NCC(C)CN1CCN(CC)CC1. The van der Waals surface area contributed by atoms with Gasteiger partial charge in [-0.1, -0.05) is 20.8 Å². The summed E-state index contributed by atoms with van der Waals surface area (Å²) < 4.78 is 0. The number of nitrogens with zero attached hydrogens (tertiary/aromatic N) is 3. The quantitative estimate of drug-likeness (QED) is 0.524. The topological polar surface area (TPSA) is 56.9 Å². The number of piperazine rings is 1. The molecule has 0 spiro atoms. The molecule has 1 atom stereocenters. The molecule has 1 aliphatic rings. The summed E-state index contributed by atoms with van der Waals surface area (Å²) in [5, 5.41) is 3.11. The van der Waals surface area contributed by atoms with Crippen LogP contribution in [0.2, 0.25) is 0 Å². The predicted molar refractivity (Wildman–Crippen MR) is 82.5 cm³/mol. The summed E-state index contributed by atoms with van der Waals surface area (Å²) in [6, 6.07) is 0. The van der Waals surface area contributed by atoms with Crippen molar-refractivity contribution in [3.8, 4) is 0 Å². The van der Waals surface area contributed by atoms with Crippen molar-refractivity contribution in [2.45, 2.75) is 27.2 Å². The van der Waals surface area contributed by atoms with Gasteiger partial charge in [0.1, 0.15) is 0 Å². The fourth-order valence-electron chi connectivity index (χ4n) is 2.35. The number of likely N-dealkylation sites (N-methyl/N-ethyl adjacent to an activating group) is 1. The molecule has 1 heterocycles. The van der Waals surface area contributed by atoms with Gasteiger partial charge in [-0.25, -0.2) is 0 Å². The van der Waals surface area contributed by atoms with Crippen LogP contribution < -0.4 is 11.1 Å². The summed E-state index contributed by atoms with van der Waals surface area (Å²) in [5.74, 6) is 1.15. The minimum Gasteiger partial charge on any atom is -0.370 e. The van der Waals surface area contributed by atoms with E-state index in [9.17, 15) is 0 Å². The van der Waals surface area contributed by atoms with E-state index in [0.29, 0.717) is 11.9 Å². The Kier molecular flexibility index (Phi) is 7.82. The van der Waals surface area contributed by atoms with Crippen molar-refractivity contribution in [2.24, 2.45) is 16.6 Å². The molecule has 0 aromatic carbocycles. The van der Waals surface area contributed by atoms with Crippen molar-refractivity contribution in [1.82, 2.24) is 15.1 Å². The van der Waals surface area contributed by atoms with Gasteiger partial charge in [-0.2, -0.15) is 0 Å². The first-order chi connectivity index (χ1) is 9.15. The lowest BCUT2D eigenvalue weighted by Gasteiger charge is -2.35. The molecule has 1 fully saturated rings. The van der Waals surface area contributed by atoms with Gasteiger partial charge in [0.25, 0.3) is 0 Å². The number of guanidine groups is 1. The molecule has 0 saturated carbocycles. The van der Waals surface area contributed by atoms with Crippen LogP contribution in [0, 0.1) is 5.92 Å². The lowest BCUT2D eigenvalue weighted by atomic mass is 10.1. The summed E-state index contributed by atoms with van der Waals surface area (Å²) in [7, 11) is 0. The first-order valence-corrected chi connectivity index (χ1v) is 7.64. The van der Waals surface area contributed by atoms with Gasteiger partial charge in [-0.05, 0) is 18.9 Å². The van der Waals surface area contributed by atoms with Crippen LogP contribution in [0.4, 0.5) is 0 Å². The highest BCUT2D eigenvalue weighted by atomic mass is 15.3. The van der Waals surface area contributed by atoms with Crippen LogP contribution in [0.5, 0.6) is 0 Å². The monoisotopic (exact) mass is 269 g/mol. The summed E-state index contributed by atoms with van der Waals surface area (Å²) in [5.41, 5.74) is 5.80. The van der Waals surface area contributed by atoms with Crippen LogP contribution >= 0.6 is 0 Å². The van der Waals surface area contributed by atoms with Crippen molar-refractivity contribution >= 4 is 5.96 Å². The van der Waals surface area contributed by atoms with E-state index in [1.165, 1.54) is 32.7 Å². The normalized spacial score (nSPS) is 20.5. The zero-order valence-corrected chi connectivity index (χ0v) is 12.9. The van der Waals surface area contributed by atoms with E-state index in [0.717, 1.165) is 26.1 Å². The Bertz CT molecular complexity index is 259. The maximum absolute atomic E-state index is 5.80. The molecule has 0 aliphatic carbocycles. The van der Waals surface area contributed by atoms with Gasteiger partial charge in [0.2, 0.25) is 0 Å². The van der Waals surface area contributed by atoms with Crippen LogP contribution in [-0.2, 0) is 0 Å². The van der Waals surface area contributed by atoms with Gasteiger partial charge in [0, 0.05) is 45.8 Å². The lowest BCUT2D eigenvalue weighted by Crippen LogP contribution is -2.47. The zero-order chi connectivity index (χ0) is 14.1. The second-order valence-corrected chi connectivity index (χ2v) is 5.49. The molecule has 0 radical (unpaired) electrons. The Morgan fingerprint density at radius 3 is 2.42 bits per heavy atom. The third-order valence-corrected chi connectivity index (χ3v) is 3.61. The molecule has 3 N–H and O–H groups in total. The van der Waals surface area contributed by atoms with Crippen LogP contribution in [-0.4, -0.2) is 68.1 Å². The molecular weight excluding hydrogens is 238 g/mol. The molecular formula is C14H31N5. The number of nitrogens with two attached hydrogens (primary N) is 1. The number of hydrogen-bond donors (Lipinski definition) is 2. The molecule has 112 valence electrons. The van der Waals surface area contributed by atoms with Gasteiger partial charge in [-0.3, -0.25) is 4.99 Å². The minimum absolute atomic E-state index is 0.565. The van der Waals surface area contributed by atoms with E-state index in [1.54, 1.807) is 0 Å². The van der Waals surface area contributed by atoms with Crippen molar-refractivity contribution in [2.75, 3.05) is 52.4 Å². The third-order valence-electron chi connectivity index (χ3n) is 3.61. The molecule has 1 unspecified atom stereocenters. The predicted octanol–water partition coefficient (Wildman–Crippen LogP) is 0.574. The van der Waals surface area contributed by atoms with Crippen LogP contribution in [0.3, 0.4) is 0 Å². The summed E-state index contributed by atoms with van der Waals surface area (Å²) in [6.07, 6.45) is 1.08. The molecule has 1 rings (SSSR count). The van der Waals surface area contributed by atoms with Crippen molar-refractivity contribution in [3.63, 3.8) is 0 Å². The molecule has 0 bridgehead atoms. The van der Waals surface area contributed by atoms with E-state index >= 15 is 0 Å². The highest BCUT2D eigenvalue weighted by Crippen LogP contribution is 2.05. The van der Waals surface area contributed by atoms with Crippen LogP contribution in [0.15, 0.2) is 4.99 Å². The van der Waals surface area contributed by atoms with Crippen LogP contribution in [0.25, 0.3) is 0 Å². The Morgan fingerprint density at radius 1 is 1.21 bits per heavy atom. The third kappa shape index (κ3) is 6.78. The van der Waals surface area contributed by atoms with Gasteiger partial charge in [-0.15, -0.1) is 0 Å². The van der Waals surface area contributed by atoms with Crippen molar-refractivity contribution in [1.29, 1.82) is 0 Å². The average molecular weight is 269 g/mol. The van der Waals surface area contributed by atoms with E-state index in [4.69, 9.17) is 5.73 Å². The Labute approximate surface area is 118 Å². The standard InChI is InChI=1S/C14H31N5/c1-4-6-16-14(15)17-11-13(3)12-19-9-7-18(5-2)8-10-19/h13H,4-12H2,1-3H3,(H3,15,16,17). The van der Waals surface area contributed by atoms with E-state index < -0.39 is 0 Å². The summed E-state index contributed by atoms with van der Waals surface area (Å²) in [6.45, 7) is 15.4. The Hall–Kier alpha value is -0.810. The van der Waals surface area contributed by atoms with Gasteiger partial charge >= 0.3 is 0 Å². The summed E-state index contributed by atoms with van der Waals surface area (Å²) >= 11 is 0. The largest absolute Gasteiger partial charge is 0.370 e. The smallest absolute Gasteiger partial charge is 0.188 e. The molecule has 1 saturated heterocycles. The zero-order valence-electron chi connectivity index (χ0n) is 12.9. The molecule has 5 heteroatoms. The second-order valence-electron chi connectivity index (χ2n) is 5.49. The summed E-state index contributed by atoms with van der Waals surface area (Å²) in [4.78, 5) is 9.45. The number of aliphatic imine (C=N–C) groups is 1. The lowest BCUT2D eigenvalue weighted by molar-refractivity contribution is 0.125. The van der Waals surface area contributed by atoms with Gasteiger partial charge < -0.3 is 20.9 Å². The van der Waals surface area contributed by atoms with E-state index in [1.807, 2.05) is 0 Å². The van der Waals surface area contributed by atoms with Crippen molar-refractivity contribution < 1.29 is 0 Å². The molecule has 0 aromatic heterocycles. The average Bonchev–Trinajstić information content (AvgIpc) is 2.43. The Morgan fingerprint density at radius 2 is 1.84 bits per heavy atom. The first-order valence-electron chi connectivity index (χ1n) is 7.64. The highest BCUT2D eigenvalue weighted by Gasteiger charge is 2.17. The molecule has 5 nitrogen and oxygen atoms in total. The molecule has 19 heavy (non-hydrogen) atoms. The fraction of sp³-hybridized carbons (Fsp3) is 0.929. The number of hydrogen-bond acceptors (Lipinski definition) is 3. The maximum atomic E-state index is 5.80. The van der Waals surface area contributed by atoms with E-state index in [-0.39, 0.29) is 0 Å². The van der Waals surface area contributed by atoms with Crippen LogP contribution in [0.1, 0.15) is 27.2 Å². The fourth-order valence-corrected chi connectivity index (χ4v) is 2.35. The minimum atomic E-state index is 0.565. The number of nitrogens with one attached hydrogen (secondary N) is 1.